The molecule has 0 aliphatic rings. The zero-order valence-corrected chi connectivity index (χ0v) is 10.5. The number of rotatable bonds is 3. The molecule has 0 unspecified atom stereocenters. The van der Waals surface area contributed by atoms with Gasteiger partial charge in [-0.15, -0.1) is 0 Å². The summed E-state index contributed by atoms with van der Waals surface area (Å²) in [5, 5.41) is 8.97. The first-order chi connectivity index (χ1) is 8.34. The number of furan rings is 1. The third kappa shape index (κ3) is 2.04. The summed E-state index contributed by atoms with van der Waals surface area (Å²) in [6, 6.07) is 9.92. The fourth-order valence-electron chi connectivity index (χ4n) is 1.79. The van der Waals surface area contributed by atoms with Crippen LogP contribution in [-0.4, -0.2) is 0 Å². The molecule has 4 heteroatoms. The molecule has 0 atom stereocenters. The van der Waals surface area contributed by atoms with Crippen molar-refractivity contribution in [2.45, 2.75) is 6.54 Å². The largest absolute Gasteiger partial charge is 0.444 e. The third-order valence-electron chi connectivity index (χ3n) is 2.64. The van der Waals surface area contributed by atoms with Crippen LogP contribution in [0.1, 0.15) is 5.56 Å². The smallest absolute Gasteiger partial charge is 0.199 e. The van der Waals surface area contributed by atoms with Gasteiger partial charge in [0.15, 0.2) is 5.22 Å². The summed E-state index contributed by atoms with van der Waals surface area (Å²) in [4.78, 5) is 0. The molecule has 2 heterocycles. The molecule has 0 amide bonds. The van der Waals surface area contributed by atoms with E-state index in [1.165, 1.54) is 0 Å². The molecule has 2 aromatic heterocycles. The second kappa shape index (κ2) is 4.43. The Balaban J connectivity index is 1.92. The first-order valence-electron chi connectivity index (χ1n) is 5.26. The second-order valence-electron chi connectivity index (χ2n) is 3.72. The molecule has 0 fully saturated rings. The summed E-state index contributed by atoms with van der Waals surface area (Å²) < 4.78 is 5.50. The predicted octanol–water partition coefficient (Wildman–Crippen LogP) is 4.76. The van der Waals surface area contributed by atoms with Crippen LogP contribution in [0.5, 0.6) is 0 Å². The number of halogens is 1. The maximum absolute atomic E-state index is 6.10. The summed E-state index contributed by atoms with van der Waals surface area (Å²) in [5.41, 5.74) is 2.95. The first-order valence-corrected chi connectivity index (χ1v) is 6.58. The van der Waals surface area contributed by atoms with E-state index < -0.39 is 0 Å². The van der Waals surface area contributed by atoms with Crippen molar-refractivity contribution in [2.24, 2.45) is 0 Å². The van der Waals surface area contributed by atoms with Gasteiger partial charge >= 0.3 is 0 Å². The lowest BCUT2D eigenvalue weighted by Crippen LogP contribution is -1.97. The second-order valence-corrected chi connectivity index (χ2v) is 4.84. The maximum Gasteiger partial charge on any atom is 0.199 e. The molecule has 86 valence electrons. The summed E-state index contributed by atoms with van der Waals surface area (Å²) in [5.74, 6) is 0. The van der Waals surface area contributed by atoms with Gasteiger partial charge in [0, 0.05) is 28.6 Å². The topological polar surface area (TPSA) is 25.2 Å². The maximum atomic E-state index is 6.10. The van der Waals surface area contributed by atoms with Crippen LogP contribution in [-0.2, 0) is 6.54 Å². The van der Waals surface area contributed by atoms with Crippen molar-refractivity contribution in [2.75, 3.05) is 5.32 Å². The quantitative estimate of drug-likeness (QED) is 0.737. The molecule has 0 aliphatic heterocycles. The van der Waals surface area contributed by atoms with Crippen LogP contribution in [0.15, 0.2) is 45.5 Å². The Kier molecular flexibility index (Phi) is 2.79. The van der Waals surface area contributed by atoms with Gasteiger partial charge in [0.05, 0.1) is 0 Å². The van der Waals surface area contributed by atoms with Crippen molar-refractivity contribution in [3.05, 3.63) is 51.9 Å². The van der Waals surface area contributed by atoms with E-state index in [0.29, 0.717) is 11.8 Å². The average Bonchev–Trinajstić information content (AvgIpc) is 2.93. The van der Waals surface area contributed by atoms with Gasteiger partial charge < -0.3 is 9.73 Å². The number of nitrogens with one attached hydrogen (secondary N) is 1. The lowest BCUT2D eigenvalue weighted by Gasteiger charge is -2.02. The van der Waals surface area contributed by atoms with Crippen LogP contribution >= 0.6 is 22.9 Å². The molecule has 0 radical (unpaired) electrons. The van der Waals surface area contributed by atoms with Crippen LogP contribution in [0.2, 0.25) is 5.22 Å². The van der Waals surface area contributed by atoms with E-state index in [2.05, 4.69) is 10.7 Å². The molecular formula is C13H10ClNOS. The van der Waals surface area contributed by atoms with Gasteiger partial charge in [-0.05, 0) is 29.1 Å². The highest BCUT2D eigenvalue weighted by Crippen LogP contribution is 2.30. The van der Waals surface area contributed by atoms with Crippen LogP contribution in [0.3, 0.4) is 0 Å². The summed E-state index contributed by atoms with van der Waals surface area (Å²) >= 11 is 7.77. The fourth-order valence-corrected chi connectivity index (χ4v) is 2.65. The van der Waals surface area contributed by atoms with Gasteiger partial charge in [0.2, 0.25) is 0 Å². The van der Waals surface area contributed by atoms with Crippen LogP contribution in [0.25, 0.3) is 11.0 Å². The fraction of sp³-hybridized carbons (Fsp3) is 0.0769. The van der Waals surface area contributed by atoms with E-state index in [1.807, 2.05) is 35.7 Å². The minimum atomic E-state index is 0.467. The number of fused-ring (bicyclic) bond motifs is 1. The van der Waals surface area contributed by atoms with Gasteiger partial charge in [0.1, 0.15) is 5.58 Å². The number of anilines is 1. The van der Waals surface area contributed by atoms with Crippen molar-refractivity contribution >= 4 is 39.6 Å². The summed E-state index contributed by atoms with van der Waals surface area (Å²) in [7, 11) is 0. The lowest BCUT2D eigenvalue weighted by atomic mass is 10.2. The van der Waals surface area contributed by atoms with Crippen molar-refractivity contribution in [3.8, 4) is 0 Å². The third-order valence-corrected chi connectivity index (χ3v) is 3.63. The molecule has 17 heavy (non-hydrogen) atoms. The number of thiophene rings is 1. The molecule has 1 aromatic carbocycles. The number of benzene rings is 1. The van der Waals surface area contributed by atoms with E-state index in [-0.39, 0.29) is 0 Å². The molecule has 2 nitrogen and oxygen atoms in total. The van der Waals surface area contributed by atoms with Crippen LogP contribution in [0.4, 0.5) is 5.69 Å². The highest BCUT2D eigenvalue weighted by atomic mass is 35.5. The Morgan fingerprint density at radius 1 is 1.24 bits per heavy atom. The minimum Gasteiger partial charge on any atom is -0.444 e. The molecule has 0 spiro atoms. The van der Waals surface area contributed by atoms with Crippen LogP contribution < -0.4 is 5.32 Å². The monoisotopic (exact) mass is 263 g/mol. The normalized spacial score (nSPS) is 10.9. The SMILES string of the molecule is Clc1oc2ccccc2c1CNc1ccsc1. The number of hydrogen-bond acceptors (Lipinski definition) is 3. The first kappa shape index (κ1) is 10.7. The van der Waals surface area contributed by atoms with Crippen molar-refractivity contribution < 1.29 is 4.42 Å². The lowest BCUT2D eigenvalue weighted by molar-refractivity contribution is 0.613. The minimum absolute atomic E-state index is 0.467. The molecule has 0 saturated heterocycles. The zero-order valence-electron chi connectivity index (χ0n) is 8.94. The molecule has 0 aliphatic carbocycles. The average molecular weight is 264 g/mol. The van der Waals surface area contributed by atoms with Gasteiger partial charge in [0.25, 0.3) is 0 Å². The molecule has 3 aromatic rings. The number of para-hydroxylation sites is 1. The van der Waals surface area contributed by atoms with Crippen molar-refractivity contribution in [1.29, 1.82) is 0 Å². The molecule has 3 rings (SSSR count). The van der Waals surface area contributed by atoms with Crippen molar-refractivity contribution in [3.63, 3.8) is 0 Å². The Morgan fingerprint density at radius 2 is 2.12 bits per heavy atom. The Hall–Kier alpha value is -1.45. The van der Waals surface area contributed by atoms with E-state index in [1.54, 1.807) is 11.3 Å². The number of hydrogen-bond donors (Lipinski definition) is 1. The zero-order chi connectivity index (χ0) is 11.7. The Morgan fingerprint density at radius 3 is 2.94 bits per heavy atom. The highest BCUT2D eigenvalue weighted by Gasteiger charge is 2.11. The summed E-state index contributed by atoms with van der Waals surface area (Å²) in [6.07, 6.45) is 0. The van der Waals surface area contributed by atoms with Gasteiger partial charge in [-0.2, -0.15) is 11.3 Å². The molecular weight excluding hydrogens is 254 g/mol. The van der Waals surface area contributed by atoms with Crippen LogP contribution in [0, 0.1) is 0 Å². The van der Waals surface area contributed by atoms with E-state index in [0.717, 1.165) is 22.2 Å². The Labute approximate surface area is 108 Å². The van der Waals surface area contributed by atoms with Gasteiger partial charge in [-0.1, -0.05) is 18.2 Å². The highest BCUT2D eigenvalue weighted by molar-refractivity contribution is 7.08. The molecule has 1 N–H and O–H groups in total. The van der Waals surface area contributed by atoms with Gasteiger partial charge in [-0.25, -0.2) is 0 Å². The molecule has 0 bridgehead atoms. The van der Waals surface area contributed by atoms with E-state index in [4.69, 9.17) is 16.0 Å². The standard InChI is InChI=1S/C13H10ClNOS/c14-13-11(7-15-9-5-6-17-8-9)10-3-1-2-4-12(10)16-13/h1-6,8,15H,7H2. The summed E-state index contributed by atoms with van der Waals surface area (Å²) in [6.45, 7) is 0.673. The van der Waals surface area contributed by atoms with E-state index in [9.17, 15) is 0 Å². The van der Waals surface area contributed by atoms with E-state index >= 15 is 0 Å². The van der Waals surface area contributed by atoms with Crippen molar-refractivity contribution in [1.82, 2.24) is 0 Å². The Bertz CT molecular complexity index is 630. The van der Waals surface area contributed by atoms with Gasteiger partial charge in [-0.3, -0.25) is 0 Å². The molecule has 0 saturated carbocycles. The predicted molar refractivity (Wildman–Crippen MR) is 72.9 cm³/mol.